The van der Waals surface area contributed by atoms with Gasteiger partial charge in [0, 0.05) is 13.0 Å². The summed E-state index contributed by atoms with van der Waals surface area (Å²) in [5.41, 5.74) is 1.96. The van der Waals surface area contributed by atoms with Crippen molar-refractivity contribution in [3.8, 4) is 0 Å². The summed E-state index contributed by atoms with van der Waals surface area (Å²) < 4.78 is 0. The average molecular weight is 319 g/mol. The van der Waals surface area contributed by atoms with Crippen LogP contribution in [-0.2, 0) is 14.4 Å². The molecule has 1 aromatic carbocycles. The van der Waals surface area contributed by atoms with Crippen LogP contribution in [0, 0.1) is 6.92 Å². The van der Waals surface area contributed by atoms with Crippen molar-refractivity contribution in [2.75, 3.05) is 6.54 Å². The molecule has 1 aromatic rings. The molecule has 1 rings (SSSR count). The van der Waals surface area contributed by atoms with Crippen molar-refractivity contribution >= 4 is 17.7 Å². The maximum Gasteiger partial charge on any atom is 0.239 e. The van der Waals surface area contributed by atoms with Crippen molar-refractivity contribution in [2.45, 2.75) is 46.2 Å². The van der Waals surface area contributed by atoms with Gasteiger partial charge in [-0.3, -0.25) is 14.4 Å². The van der Waals surface area contributed by atoms with Crippen LogP contribution in [0.25, 0.3) is 0 Å². The molecule has 6 heteroatoms. The van der Waals surface area contributed by atoms with Crippen LogP contribution in [0.2, 0.25) is 0 Å². The Bertz CT molecular complexity index is 553. The monoisotopic (exact) mass is 319 g/mol. The summed E-state index contributed by atoms with van der Waals surface area (Å²) in [6.45, 7) is 7.01. The Kier molecular flexibility index (Phi) is 7.25. The molecule has 0 aliphatic heterocycles. The van der Waals surface area contributed by atoms with Crippen molar-refractivity contribution in [3.63, 3.8) is 0 Å². The molecule has 0 aromatic heterocycles. The molecule has 1 atom stereocenters. The zero-order chi connectivity index (χ0) is 17.4. The summed E-state index contributed by atoms with van der Waals surface area (Å²) in [7, 11) is 0. The Morgan fingerprint density at radius 3 is 2.13 bits per heavy atom. The highest BCUT2D eigenvalue weighted by molar-refractivity contribution is 5.85. The maximum absolute atomic E-state index is 12.0. The molecule has 0 saturated heterocycles. The minimum Gasteiger partial charge on any atom is -0.352 e. The molecule has 0 radical (unpaired) electrons. The first-order chi connectivity index (χ1) is 10.8. The predicted molar refractivity (Wildman–Crippen MR) is 88.6 cm³/mol. The zero-order valence-electron chi connectivity index (χ0n) is 14.1. The lowest BCUT2D eigenvalue weighted by Crippen LogP contribution is -2.41. The topological polar surface area (TPSA) is 87.3 Å². The van der Waals surface area contributed by atoms with E-state index < -0.39 is 6.04 Å². The van der Waals surface area contributed by atoms with Crippen molar-refractivity contribution in [2.24, 2.45) is 0 Å². The first-order valence-electron chi connectivity index (χ1n) is 7.67. The molecule has 126 valence electrons. The fourth-order valence-corrected chi connectivity index (χ4v) is 2.11. The Hall–Kier alpha value is -2.37. The average Bonchev–Trinajstić information content (AvgIpc) is 2.44. The Labute approximate surface area is 137 Å². The number of amides is 3. The van der Waals surface area contributed by atoms with Gasteiger partial charge in [0.05, 0.1) is 19.0 Å². The lowest BCUT2D eigenvalue weighted by Gasteiger charge is -2.18. The van der Waals surface area contributed by atoms with E-state index in [0.29, 0.717) is 0 Å². The largest absolute Gasteiger partial charge is 0.352 e. The molecule has 0 bridgehead atoms. The first-order valence-corrected chi connectivity index (χ1v) is 7.67. The van der Waals surface area contributed by atoms with Gasteiger partial charge < -0.3 is 16.0 Å². The summed E-state index contributed by atoms with van der Waals surface area (Å²) in [6.07, 6.45) is 0.0810. The van der Waals surface area contributed by atoms with E-state index in [1.807, 2.05) is 45.0 Å². The third-order valence-electron chi connectivity index (χ3n) is 3.14. The first kappa shape index (κ1) is 18.7. The number of hydrogen-bond acceptors (Lipinski definition) is 3. The molecule has 0 saturated carbocycles. The van der Waals surface area contributed by atoms with E-state index in [4.69, 9.17) is 0 Å². The number of carbonyl (C=O) groups is 3. The summed E-state index contributed by atoms with van der Waals surface area (Å²) in [4.78, 5) is 34.9. The van der Waals surface area contributed by atoms with Gasteiger partial charge in [0.25, 0.3) is 0 Å². The van der Waals surface area contributed by atoms with Gasteiger partial charge in [-0.05, 0) is 26.3 Å². The molecule has 0 spiro atoms. The van der Waals surface area contributed by atoms with Crippen LogP contribution < -0.4 is 16.0 Å². The van der Waals surface area contributed by atoms with Crippen molar-refractivity contribution in [1.29, 1.82) is 0 Å². The molecular formula is C17H25N3O3. The molecule has 6 nitrogen and oxygen atoms in total. The fourth-order valence-electron chi connectivity index (χ4n) is 2.11. The molecule has 3 N–H and O–H groups in total. The van der Waals surface area contributed by atoms with Crippen molar-refractivity contribution in [1.82, 2.24) is 16.0 Å². The van der Waals surface area contributed by atoms with Crippen LogP contribution in [0.4, 0.5) is 0 Å². The number of carbonyl (C=O) groups excluding carboxylic acids is 3. The van der Waals surface area contributed by atoms with Gasteiger partial charge in [0.1, 0.15) is 0 Å². The summed E-state index contributed by atoms with van der Waals surface area (Å²) >= 11 is 0. The summed E-state index contributed by atoms with van der Waals surface area (Å²) in [5, 5.41) is 8.03. The standard InChI is InChI=1S/C17H25N3O3/c1-11(2)19-17(23)10-18-16(22)9-15(20-13(4)21)14-7-5-12(3)6-8-14/h5-8,11,15H,9-10H2,1-4H3,(H,18,22)(H,19,23)(H,20,21). The van der Waals surface area contributed by atoms with Crippen LogP contribution in [0.15, 0.2) is 24.3 Å². The van der Waals surface area contributed by atoms with Crippen LogP contribution in [0.3, 0.4) is 0 Å². The van der Waals surface area contributed by atoms with Crippen molar-refractivity contribution < 1.29 is 14.4 Å². The number of rotatable bonds is 7. The van der Waals surface area contributed by atoms with Crippen LogP contribution in [0.1, 0.15) is 44.4 Å². The van der Waals surface area contributed by atoms with Gasteiger partial charge in [-0.15, -0.1) is 0 Å². The Balaban J connectivity index is 2.63. The molecule has 1 unspecified atom stereocenters. The second-order valence-corrected chi connectivity index (χ2v) is 5.87. The number of nitrogens with one attached hydrogen (secondary N) is 3. The van der Waals surface area contributed by atoms with E-state index in [0.717, 1.165) is 11.1 Å². The highest BCUT2D eigenvalue weighted by atomic mass is 16.2. The van der Waals surface area contributed by atoms with E-state index in [2.05, 4.69) is 16.0 Å². The van der Waals surface area contributed by atoms with E-state index in [-0.39, 0.29) is 36.7 Å². The lowest BCUT2D eigenvalue weighted by atomic mass is 10.0. The third kappa shape index (κ3) is 7.44. The normalized spacial score (nSPS) is 11.7. The number of aryl methyl sites for hydroxylation is 1. The molecule has 0 aliphatic rings. The highest BCUT2D eigenvalue weighted by Crippen LogP contribution is 2.17. The van der Waals surface area contributed by atoms with Crippen LogP contribution in [0.5, 0.6) is 0 Å². The van der Waals surface area contributed by atoms with E-state index in [1.165, 1.54) is 6.92 Å². The van der Waals surface area contributed by atoms with Gasteiger partial charge in [0.15, 0.2) is 0 Å². The molecule has 23 heavy (non-hydrogen) atoms. The number of hydrogen-bond donors (Lipinski definition) is 3. The van der Waals surface area contributed by atoms with Gasteiger partial charge in [-0.25, -0.2) is 0 Å². The second-order valence-electron chi connectivity index (χ2n) is 5.87. The van der Waals surface area contributed by atoms with Gasteiger partial charge in [-0.1, -0.05) is 29.8 Å². The predicted octanol–water partition coefficient (Wildman–Crippen LogP) is 1.20. The number of benzene rings is 1. The minimum absolute atomic E-state index is 0.0269. The zero-order valence-corrected chi connectivity index (χ0v) is 14.1. The van der Waals surface area contributed by atoms with E-state index in [9.17, 15) is 14.4 Å². The molecule has 3 amide bonds. The molecule has 0 aliphatic carbocycles. The van der Waals surface area contributed by atoms with Gasteiger partial charge >= 0.3 is 0 Å². The fraction of sp³-hybridized carbons (Fsp3) is 0.471. The van der Waals surface area contributed by atoms with E-state index in [1.54, 1.807) is 0 Å². The quantitative estimate of drug-likeness (QED) is 0.706. The van der Waals surface area contributed by atoms with Crippen LogP contribution in [-0.4, -0.2) is 30.3 Å². The Morgan fingerprint density at radius 2 is 1.61 bits per heavy atom. The summed E-state index contributed by atoms with van der Waals surface area (Å²) in [6, 6.07) is 7.24. The maximum atomic E-state index is 12.0. The van der Waals surface area contributed by atoms with Gasteiger partial charge in [0.2, 0.25) is 17.7 Å². The smallest absolute Gasteiger partial charge is 0.239 e. The molecule has 0 fully saturated rings. The third-order valence-corrected chi connectivity index (χ3v) is 3.14. The van der Waals surface area contributed by atoms with Crippen LogP contribution >= 0.6 is 0 Å². The van der Waals surface area contributed by atoms with E-state index >= 15 is 0 Å². The molecular weight excluding hydrogens is 294 g/mol. The SMILES string of the molecule is CC(=O)NC(CC(=O)NCC(=O)NC(C)C)c1ccc(C)cc1. The van der Waals surface area contributed by atoms with Gasteiger partial charge in [-0.2, -0.15) is 0 Å². The second kappa shape index (κ2) is 8.92. The summed E-state index contributed by atoms with van der Waals surface area (Å²) in [5.74, 6) is -0.732. The lowest BCUT2D eigenvalue weighted by molar-refractivity contribution is -0.127. The minimum atomic E-state index is -0.416. The van der Waals surface area contributed by atoms with Crippen molar-refractivity contribution in [3.05, 3.63) is 35.4 Å². The highest BCUT2D eigenvalue weighted by Gasteiger charge is 2.17. The Morgan fingerprint density at radius 1 is 1.00 bits per heavy atom. The molecule has 0 heterocycles.